The molecule has 3 aromatic rings. The first-order valence-electron chi connectivity index (χ1n) is 6.93. The quantitative estimate of drug-likeness (QED) is 0.534. The molecule has 0 radical (unpaired) electrons. The van der Waals surface area contributed by atoms with Gasteiger partial charge in [0.1, 0.15) is 11.4 Å². The van der Waals surface area contributed by atoms with Crippen molar-refractivity contribution in [3.05, 3.63) is 70.4 Å². The molecule has 116 valence electrons. The number of rotatable bonds is 5. The topological polar surface area (TPSA) is 83.1 Å². The smallest absolute Gasteiger partial charge is 0.269 e. The van der Waals surface area contributed by atoms with E-state index in [2.05, 4.69) is 10.3 Å². The highest BCUT2D eigenvalue weighted by molar-refractivity contribution is 5.59. The average molecular weight is 310 g/mol. The highest BCUT2D eigenvalue weighted by atomic mass is 16.6. The van der Waals surface area contributed by atoms with E-state index in [0.29, 0.717) is 12.2 Å². The maximum Gasteiger partial charge on any atom is 0.269 e. The predicted molar refractivity (Wildman–Crippen MR) is 84.2 cm³/mol. The van der Waals surface area contributed by atoms with Crippen molar-refractivity contribution in [2.45, 2.75) is 6.54 Å². The largest absolute Gasteiger partial charge is 0.497 e. The van der Waals surface area contributed by atoms with E-state index >= 15 is 0 Å². The van der Waals surface area contributed by atoms with Crippen LogP contribution < -0.4 is 4.74 Å². The van der Waals surface area contributed by atoms with Gasteiger partial charge in [0, 0.05) is 17.7 Å². The summed E-state index contributed by atoms with van der Waals surface area (Å²) >= 11 is 0. The first kappa shape index (κ1) is 14.7. The fourth-order valence-electron chi connectivity index (χ4n) is 2.22. The van der Waals surface area contributed by atoms with E-state index < -0.39 is 4.92 Å². The minimum atomic E-state index is -0.427. The van der Waals surface area contributed by atoms with Gasteiger partial charge in [-0.25, -0.2) is 4.68 Å². The predicted octanol–water partition coefficient (Wildman–Crippen LogP) is 2.91. The Labute approximate surface area is 132 Å². The first-order valence-corrected chi connectivity index (χ1v) is 6.93. The molecule has 0 aliphatic carbocycles. The van der Waals surface area contributed by atoms with Gasteiger partial charge in [0.2, 0.25) is 0 Å². The number of methoxy groups -OCH3 is 1. The van der Waals surface area contributed by atoms with Crippen LogP contribution in [0.1, 0.15) is 5.56 Å². The van der Waals surface area contributed by atoms with Crippen molar-refractivity contribution in [1.82, 2.24) is 15.0 Å². The summed E-state index contributed by atoms with van der Waals surface area (Å²) < 4.78 is 6.91. The number of ether oxygens (including phenoxy) is 1. The number of nitrogens with zero attached hydrogens (tertiary/aromatic N) is 4. The van der Waals surface area contributed by atoms with Crippen LogP contribution in [-0.2, 0) is 6.54 Å². The Morgan fingerprint density at radius 2 is 2.00 bits per heavy atom. The third-order valence-electron chi connectivity index (χ3n) is 3.39. The molecule has 0 N–H and O–H groups in total. The van der Waals surface area contributed by atoms with Gasteiger partial charge >= 0.3 is 0 Å². The highest BCUT2D eigenvalue weighted by Gasteiger charge is 2.08. The number of nitro benzene ring substituents is 1. The van der Waals surface area contributed by atoms with Crippen molar-refractivity contribution in [2.24, 2.45) is 0 Å². The normalized spacial score (nSPS) is 10.5. The molecule has 3 rings (SSSR count). The molecule has 0 fully saturated rings. The SMILES string of the molecule is COc1cccc(Cn2cc(-c3ccc([N+](=O)[O-])cc3)nn2)c1. The first-order chi connectivity index (χ1) is 11.2. The lowest BCUT2D eigenvalue weighted by atomic mass is 10.1. The fourth-order valence-corrected chi connectivity index (χ4v) is 2.22. The summed E-state index contributed by atoms with van der Waals surface area (Å²) in [5.74, 6) is 0.790. The Morgan fingerprint density at radius 1 is 1.22 bits per heavy atom. The summed E-state index contributed by atoms with van der Waals surface area (Å²) in [7, 11) is 1.63. The molecular formula is C16H14N4O3. The van der Waals surface area contributed by atoms with Crippen LogP contribution in [0.15, 0.2) is 54.7 Å². The lowest BCUT2D eigenvalue weighted by Crippen LogP contribution is -2.00. The van der Waals surface area contributed by atoms with Crippen LogP contribution >= 0.6 is 0 Å². The van der Waals surface area contributed by atoms with E-state index in [1.54, 1.807) is 30.1 Å². The molecular weight excluding hydrogens is 296 g/mol. The Hall–Kier alpha value is -3.22. The van der Waals surface area contributed by atoms with Gasteiger partial charge in [-0.15, -0.1) is 5.10 Å². The minimum Gasteiger partial charge on any atom is -0.497 e. The monoisotopic (exact) mass is 310 g/mol. The summed E-state index contributed by atoms with van der Waals surface area (Å²) in [5, 5.41) is 18.9. The second kappa shape index (κ2) is 6.27. The molecule has 7 heteroatoms. The van der Waals surface area contributed by atoms with Crippen molar-refractivity contribution in [2.75, 3.05) is 7.11 Å². The van der Waals surface area contributed by atoms with Gasteiger partial charge in [0.25, 0.3) is 5.69 Å². The molecule has 7 nitrogen and oxygen atoms in total. The molecule has 1 heterocycles. The van der Waals surface area contributed by atoms with Crippen LogP contribution in [0.25, 0.3) is 11.3 Å². The van der Waals surface area contributed by atoms with Gasteiger partial charge in [-0.3, -0.25) is 10.1 Å². The van der Waals surface area contributed by atoms with Gasteiger partial charge in [-0.2, -0.15) is 0 Å². The van der Waals surface area contributed by atoms with Gasteiger partial charge in [-0.05, 0) is 29.8 Å². The maximum atomic E-state index is 10.7. The van der Waals surface area contributed by atoms with Crippen molar-refractivity contribution in [3.8, 4) is 17.0 Å². The highest BCUT2D eigenvalue weighted by Crippen LogP contribution is 2.20. The Balaban J connectivity index is 1.78. The van der Waals surface area contributed by atoms with Crippen LogP contribution in [0.3, 0.4) is 0 Å². The average Bonchev–Trinajstić information content (AvgIpc) is 3.03. The number of hydrogen-bond acceptors (Lipinski definition) is 5. The minimum absolute atomic E-state index is 0.0533. The van der Waals surface area contributed by atoms with Crippen molar-refractivity contribution in [1.29, 1.82) is 0 Å². The Bertz CT molecular complexity index is 827. The molecule has 0 amide bonds. The van der Waals surface area contributed by atoms with E-state index in [1.165, 1.54) is 12.1 Å². The third kappa shape index (κ3) is 3.34. The number of benzene rings is 2. The molecule has 0 atom stereocenters. The number of hydrogen-bond donors (Lipinski definition) is 0. The molecule has 0 spiro atoms. The van der Waals surface area contributed by atoms with E-state index in [9.17, 15) is 10.1 Å². The van der Waals surface area contributed by atoms with Crippen LogP contribution in [0.5, 0.6) is 5.75 Å². The van der Waals surface area contributed by atoms with Crippen LogP contribution in [-0.4, -0.2) is 27.0 Å². The Kier molecular flexibility index (Phi) is 4.01. The number of nitro groups is 1. The van der Waals surface area contributed by atoms with Gasteiger partial charge in [0.05, 0.1) is 24.8 Å². The molecule has 0 bridgehead atoms. The van der Waals surface area contributed by atoms with E-state index in [0.717, 1.165) is 16.9 Å². The summed E-state index contributed by atoms with van der Waals surface area (Å²) in [5.41, 5.74) is 2.55. The molecule has 0 aliphatic rings. The van der Waals surface area contributed by atoms with Gasteiger partial charge in [-0.1, -0.05) is 17.3 Å². The lowest BCUT2D eigenvalue weighted by Gasteiger charge is -2.03. The van der Waals surface area contributed by atoms with Crippen molar-refractivity contribution in [3.63, 3.8) is 0 Å². The van der Waals surface area contributed by atoms with Gasteiger partial charge in [0.15, 0.2) is 0 Å². The summed E-state index contributed by atoms with van der Waals surface area (Å²) in [4.78, 5) is 10.2. The molecule has 0 saturated heterocycles. The summed E-state index contributed by atoms with van der Waals surface area (Å²) in [6.45, 7) is 0.567. The molecule has 0 unspecified atom stereocenters. The second-order valence-corrected chi connectivity index (χ2v) is 4.96. The molecule has 2 aromatic carbocycles. The second-order valence-electron chi connectivity index (χ2n) is 4.96. The Morgan fingerprint density at radius 3 is 2.70 bits per heavy atom. The van der Waals surface area contributed by atoms with E-state index in [1.807, 2.05) is 24.3 Å². The van der Waals surface area contributed by atoms with Crippen LogP contribution in [0.2, 0.25) is 0 Å². The van der Waals surface area contributed by atoms with Crippen molar-refractivity contribution >= 4 is 5.69 Å². The summed E-state index contributed by atoms with van der Waals surface area (Å²) in [6.07, 6.45) is 1.81. The van der Waals surface area contributed by atoms with Crippen LogP contribution in [0, 0.1) is 10.1 Å². The third-order valence-corrected chi connectivity index (χ3v) is 3.39. The molecule has 0 aliphatic heterocycles. The zero-order valence-corrected chi connectivity index (χ0v) is 12.4. The zero-order valence-electron chi connectivity index (χ0n) is 12.4. The molecule has 0 saturated carbocycles. The summed E-state index contributed by atoms with van der Waals surface area (Å²) in [6, 6.07) is 14.0. The standard InChI is InChI=1S/C16H14N4O3/c1-23-15-4-2-3-12(9-15)10-19-11-16(17-18-19)13-5-7-14(8-6-13)20(21)22/h2-9,11H,10H2,1H3. The van der Waals surface area contributed by atoms with Crippen LogP contribution in [0.4, 0.5) is 5.69 Å². The maximum absolute atomic E-state index is 10.7. The lowest BCUT2D eigenvalue weighted by molar-refractivity contribution is -0.384. The van der Waals surface area contributed by atoms with Crippen molar-refractivity contribution < 1.29 is 9.66 Å². The molecule has 1 aromatic heterocycles. The zero-order chi connectivity index (χ0) is 16.2. The van der Waals surface area contributed by atoms with E-state index in [-0.39, 0.29) is 5.69 Å². The number of aromatic nitrogens is 3. The fraction of sp³-hybridized carbons (Fsp3) is 0.125. The number of non-ortho nitro benzene ring substituents is 1. The van der Waals surface area contributed by atoms with Gasteiger partial charge < -0.3 is 4.74 Å². The molecule has 23 heavy (non-hydrogen) atoms. The van der Waals surface area contributed by atoms with E-state index in [4.69, 9.17) is 4.74 Å².